The van der Waals surface area contributed by atoms with Gasteiger partial charge in [0.2, 0.25) is 5.91 Å². The number of aliphatic hydroxyl groups is 1. The summed E-state index contributed by atoms with van der Waals surface area (Å²) in [6.07, 6.45) is 1.24. The number of methoxy groups -OCH3 is 1. The van der Waals surface area contributed by atoms with Crippen molar-refractivity contribution in [1.29, 1.82) is 0 Å². The predicted octanol–water partition coefficient (Wildman–Crippen LogP) is -1.44. The average Bonchev–Trinajstić information content (AvgIpc) is 2.80. The summed E-state index contributed by atoms with van der Waals surface area (Å²) in [7, 11) is 3.60. The van der Waals surface area contributed by atoms with Crippen molar-refractivity contribution >= 4 is 5.91 Å². The highest BCUT2D eigenvalue weighted by Gasteiger charge is 2.37. The zero-order valence-corrected chi connectivity index (χ0v) is 12.9. The summed E-state index contributed by atoms with van der Waals surface area (Å²) in [6.45, 7) is 2.99. The van der Waals surface area contributed by atoms with Crippen LogP contribution in [0.4, 0.5) is 0 Å². The maximum atomic E-state index is 11.3. The molecule has 0 aromatic carbocycles. The SMILES string of the molecule is COCC(=O)NC[C@H]1OC[C@@H](NC2CCN(C)CC2)[C@@H]1O. The Kier molecular flexibility index (Phi) is 6.38. The molecule has 7 heteroatoms. The minimum Gasteiger partial charge on any atom is -0.389 e. The lowest BCUT2D eigenvalue weighted by Crippen LogP contribution is -2.51. The maximum absolute atomic E-state index is 11.3. The Morgan fingerprint density at radius 2 is 2.14 bits per heavy atom. The van der Waals surface area contributed by atoms with Gasteiger partial charge in [-0.2, -0.15) is 0 Å². The molecule has 0 aromatic rings. The number of ether oxygens (including phenoxy) is 2. The molecule has 0 bridgehead atoms. The molecule has 7 nitrogen and oxygen atoms in total. The second kappa shape index (κ2) is 8.05. The van der Waals surface area contributed by atoms with E-state index in [0.717, 1.165) is 25.9 Å². The maximum Gasteiger partial charge on any atom is 0.246 e. The van der Waals surface area contributed by atoms with E-state index in [1.54, 1.807) is 0 Å². The van der Waals surface area contributed by atoms with E-state index >= 15 is 0 Å². The van der Waals surface area contributed by atoms with Gasteiger partial charge < -0.3 is 30.1 Å². The summed E-state index contributed by atoms with van der Waals surface area (Å²) in [4.78, 5) is 13.7. The van der Waals surface area contributed by atoms with Crippen LogP contribution >= 0.6 is 0 Å². The van der Waals surface area contributed by atoms with Crippen molar-refractivity contribution in [2.24, 2.45) is 0 Å². The quantitative estimate of drug-likeness (QED) is 0.557. The van der Waals surface area contributed by atoms with Crippen LogP contribution < -0.4 is 10.6 Å². The third-order valence-corrected chi connectivity index (χ3v) is 4.23. The van der Waals surface area contributed by atoms with Gasteiger partial charge in [0.1, 0.15) is 12.7 Å². The van der Waals surface area contributed by atoms with E-state index in [2.05, 4.69) is 22.6 Å². The highest BCUT2D eigenvalue weighted by atomic mass is 16.5. The number of nitrogens with zero attached hydrogens (tertiary/aromatic N) is 1. The van der Waals surface area contributed by atoms with Crippen LogP contribution in [0.15, 0.2) is 0 Å². The van der Waals surface area contributed by atoms with E-state index in [1.165, 1.54) is 7.11 Å². The molecule has 0 aromatic heterocycles. The van der Waals surface area contributed by atoms with Crippen molar-refractivity contribution in [3.8, 4) is 0 Å². The Bertz CT molecular complexity index is 334. The van der Waals surface area contributed by atoms with Gasteiger partial charge in [0.05, 0.1) is 18.8 Å². The van der Waals surface area contributed by atoms with Gasteiger partial charge in [0.15, 0.2) is 0 Å². The third-order valence-electron chi connectivity index (χ3n) is 4.23. The second-order valence-corrected chi connectivity index (χ2v) is 5.95. The van der Waals surface area contributed by atoms with Crippen molar-refractivity contribution in [3.63, 3.8) is 0 Å². The van der Waals surface area contributed by atoms with Gasteiger partial charge >= 0.3 is 0 Å². The molecule has 0 spiro atoms. The molecule has 2 heterocycles. The van der Waals surface area contributed by atoms with Gasteiger partial charge in [-0.25, -0.2) is 0 Å². The van der Waals surface area contributed by atoms with Gasteiger partial charge in [-0.15, -0.1) is 0 Å². The lowest BCUT2D eigenvalue weighted by atomic mass is 10.0. The van der Waals surface area contributed by atoms with Crippen LogP contribution in [0, 0.1) is 0 Å². The number of hydrogen-bond acceptors (Lipinski definition) is 6. The first-order chi connectivity index (χ1) is 10.1. The largest absolute Gasteiger partial charge is 0.389 e. The van der Waals surface area contributed by atoms with E-state index in [0.29, 0.717) is 19.2 Å². The number of hydrogen-bond donors (Lipinski definition) is 3. The van der Waals surface area contributed by atoms with Crippen LogP contribution in [-0.2, 0) is 14.3 Å². The fraction of sp³-hybridized carbons (Fsp3) is 0.929. The number of likely N-dealkylation sites (tertiary alicyclic amines) is 1. The Morgan fingerprint density at radius 3 is 2.81 bits per heavy atom. The predicted molar refractivity (Wildman–Crippen MR) is 78.1 cm³/mol. The van der Waals surface area contributed by atoms with Gasteiger partial charge in [-0.1, -0.05) is 0 Å². The van der Waals surface area contributed by atoms with Crippen LogP contribution in [0.5, 0.6) is 0 Å². The lowest BCUT2D eigenvalue weighted by molar-refractivity contribution is -0.125. The molecule has 3 atom stereocenters. The highest BCUT2D eigenvalue weighted by molar-refractivity contribution is 5.77. The molecular formula is C14H27N3O4. The Balaban J connectivity index is 1.71. The summed E-state index contributed by atoms with van der Waals surface area (Å²) < 4.78 is 10.3. The molecule has 3 N–H and O–H groups in total. The van der Waals surface area contributed by atoms with Crippen LogP contribution in [0.1, 0.15) is 12.8 Å². The van der Waals surface area contributed by atoms with Crippen LogP contribution in [0.2, 0.25) is 0 Å². The van der Waals surface area contributed by atoms with Crippen molar-refractivity contribution < 1.29 is 19.4 Å². The van der Waals surface area contributed by atoms with E-state index in [-0.39, 0.29) is 24.7 Å². The second-order valence-electron chi connectivity index (χ2n) is 5.95. The molecule has 21 heavy (non-hydrogen) atoms. The summed E-state index contributed by atoms with van der Waals surface area (Å²) in [5.74, 6) is -0.194. The minimum absolute atomic E-state index is 0.0279. The Hall–Kier alpha value is -0.730. The van der Waals surface area contributed by atoms with Gasteiger partial charge in [-0.05, 0) is 33.0 Å². The summed E-state index contributed by atoms with van der Waals surface area (Å²) in [5, 5.41) is 16.5. The molecule has 1 amide bonds. The van der Waals surface area contributed by atoms with Gasteiger partial charge in [0, 0.05) is 19.7 Å². The van der Waals surface area contributed by atoms with Crippen molar-refractivity contribution in [2.75, 3.05) is 47.0 Å². The number of rotatable bonds is 6. The average molecular weight is 301 g/mol. The van der Waals surface area contributed by atoms with Crippen LogP contribution in [0.25, 0.3) is 0 Å². The molecule has 2 fully saturated rings. The van der Waals surface area contributed by atoms with E-state index < -0.39 is 6.10 Å². The third kappa shape index (κ3) is 4.89. The molecule has 0 unspecified atom stereocenters. The van der Waals surface area contributed by atoms with Gasteiger partial charge in [0.25, 0.3) is 0 Å². The Morgan fingerprint density at radius 1 is 1.43 bits per heavy atom. The first-order valence-electron chi connectivity index (χ1n) is 7.60. The number of nitrogens with one attached hydrogen (secondary N) is 2. The zero-order chi connectivity index (χ0) is 15.2. The van der Waals surface area contributed by atoms with E-state index in [9.17, 15) is 9.90 Å². The highest BCUT2D eigenvalue weighted by Crippen LogP contribution is 2.17. The topological polar surface area (TPSA) is 83.1 Å². The molecular weight excluding hydrogens is 274 g/mol. The normalized spacial score (nSPS) is 31.5. The standard InChI is InChI=1S/C14H27N3O4/c1-17-5-3-10(4-6-17)16-11-8-21-12(14(11)19)7-15-13(18)9-20-2/h10-12,14,16,19H,3-9H2,1-2H3,(H,15,18)/t11-,12-,14+/m1/s1. The van der Waals surface area contributed by atoms with Crippen LogP contribution in [-0.4, -0.2) is 87.2 Å². The lowest BCUT2D eigenvalue weighted by Gasteiger charge is -2.32. The molecule has 0 saturated carbocycles. The zero-order valence-electron chi connectivity index (χ0n) is 12.9. The molecule has 2 aliphatic heterocycles. The molecule has 2 saturated heterocycles. The number of aliphatic hydroxyl groups excluding tert-OH is 1. The molecule has 122 valence electrons. The first-order valence-corrected chi connectivity index (χ1v) is 7.60. The fourth-order valence-corrected chi connectivity index (χ4v) is 2.88. The number of carbonyl (C=O) groups is 1. The molecule has 0 aliphatic carbocycles. The molecule has 2 rings (SSSR count). The van der Waals surface area contributed by atoms with E-state index in [1.807, 2.05) is 0 Å². The summed E-state index contributed by atoms with van der Waals surface area (Å²) in [6, 6.07) is 0.383. The molecule has 0 radical (unpaired) electrons. The smallest absolute Gasteiger partial charge is 0.246 e. The Labute approximate surface area is 126 Å². The number of amides is 1. The number of carbonyl (C=O) groups excluding carboxylic acids is 1. The number of piperidine rings is 1. The monoisotopic (exact) mass is 301 g/mol. The molecule has 2 aliphatic rings. The minimum atomic E-state index is -0.590. The summed E-state index contributed by atoms with van der Waals surface area (Å²) in [5.41, 5.74) is 0. The van der Waals surface area contributed by atoms with E-state index in [4.69, 9.17) is 9.47 Å². The summed E-state index contributed by atoms with van der Waals surface area (Å²) >= 11 is 0. The first kappa shape index (κ1) is 16.6. The van der Waals surface area contributed by atoms with Crippen molar-refractivity contribution in [1.82, 2.24) is 15.5 Å². The van der Waals surface area contributed by atoms with Crippen molar-refractivity contribution in [3.05, 3.63) is 0 Å². The van der Waals surface area contributed by atoms with Gasteiger partial charge in [-0.3, -0.25) is 4.79 Å². The van der Waals surface area contributed by atoms with Crippen LogP contribution in [0.3, 0.4) is 0 Å². The fourth-order valence-electron chi connectivity index (χ4n) is 2.88. The van der Waals surface area contributed by atoms with Crippen molar-refractivity contribution in [2.45, 2.75) is 37.1 Å².